The number of rotatable bonds is 7. The average Bonchev–Trinajstić information content (AvgIpc) is 3.31. The van der Waals surface area contributed by atoms with Crippen LogP contribution in [0.3, 0.4) is 0 Å². The predicted octanol–water partition coefficient (Wildman–Crippen LogP) is 11.0. The Morgan fingerprint density at radius 2 is 1.05 bits per heavy atom. The molecule has 0 spiro atoms. The van der Waals surface area contributed by atoms with Crippen molar-refractivity contribution in [3.8, 4) is 45.2 Å². The fraction of sp³-hybridized carbons (Fsp3) is 0.0192. The van der Waals surface area contributed by atoms with E-state index in [0.717, 1.165) is 79.5 Å². The number of ether oxygens (including phenoxy) is 1. The second-order valence-electron chi connectivity index (χ2n) is 14.7. The molecule has 0 unspecified atom stereocenters. The van der Waals surface area contributed by atoms with E-state index in [1.807, 2.05) is 48.5 Å². The summed E-state index contributed by atoms with van der Waals surface area (Å²) < 4.78 is 5.41. The van der Waals surface area contributed by atoms with Crippen molar-refractivity contribution in [1.82, 2.24) is 0 Å². The van der Waals surface area contributed by atoms with Crippen LogP contribution >= 0.6 is 0 Å². The third-order valence-electron chi connectivity index (χ3n) is 11.4. The summed E-state index contributed by atoms with van der Waals surface area (Å²) in [5.74, 6) is 0.815. The van der Waals surface area contributed by atoms with Crippen molar-refractivity contribution in [2.75, 3.05) is 16.9 Å². The smallest absolute Gasteiger partial charge is 0.252 e. The van der Waals surface area contributed by atoms with Crippen LogP contribution in [0.4, 0.5) is 39.8 Å². The molecule has 276 valence electrons. The molecule has 7 heteroatoms. The summed E-state index contributed by atoms with van der Waals surface area (Å²) in [5.41, 5.74) is 17.2. The van der Waals surface area contributed by atoms with E-state index >= 15 is 0 Å². The lowest BCUT2D eigenvalue weighted by Crippen LogP contribution is -2.61. The van der Waals surface area contributed by atoms with E-state index in [1.54, 1.807) is 13.2 Å². The number of benzene rings is 8. The van der Waals surface area contributed by atoms with Gasteiger partial charge < -0.3 is 14.5 Å². The Bertz CT molecular complexity index is 2990. The number of para-hydroxylation sites is 2. The van der Waals surface area contributed by atoms with Gasteiger partial charge in [-0.15, -0.1) is 0 Å². The number of carbonyl (C=O) groups excluding carboxylic acids is 1. The Morgan fingerprint density at radius 1 is 0.576 bits per heavy atom. The van der Waals surface area contributed by atoms with Gasteiger partial charge in [-0.05, 0) is 129 Å². The van der Waals surface area contributed by atoms with Crippen LogP contribution < -0.4 is 30.9 Å². The minimum atomic E-state index is -0.0626. The van der Waals surface area contributed by atoms with Crippen molar-refractivity contribution in [2.45, 2.75) is 0 Å². The number of fused-ring (bicyclic) bond motifs is 4. The summed E-state index contributed by atoms with van der Waals surface area (Å²) in [4.78, 5) is 19.8. The van der Waals surface area contributed by atoms with E-state index in [9.17, 15) is 10.1 Å². The second kappa shape index (κ2) is 14.4. The number of aldehydes is 1. The quantitative estimate of drug-likeness (QED) is 0.0921. The van der Waals surface area contributed by atoms with Crippen molar-refractivity contribution in [3.05, 3.63) is 198 Å². The number of methoxy groups -OCH3 is 1. The first-order valence-electron chi connectivity index (χ1n) is 19.3. The largest absolute Gasteiger partial charge is 0.497 e. The highest BCUT2D eigenvalue weighted by Gasteiger charge is 2.43. The van der Waals surface area contributed by atoms with Gasteiger partial charge in [-0.2, -0.15) is 5.26 Å². The van der Waals surface area contributed by atoms with Crippen molar-refractivity contribution in [1.29, 1.82) is 5.26 Å². The first-order valence-corrected chi connectivity index (χ1v) is 19.3. The van der Waals surface area contributed by atoms with Crippen LogP contribution in [0.15, 0.2) is 176 Å². The minimum absolute atomic E-state index is 0.0626. The predicted molar refractivity (Wildman–Crippen MR) is 240 cm³/mol. The van der Waals surface area contributed by atoms with Gasteiger partial charge in [0.2, 0.25) is 0 Å². The normalized spacial score (nSPS) is 12.1. The van der Waals surface area contributed by atoms with Crippen LogP contribution in [-0.4, -0.2) is 20.1 Å². The van der Waals surface area contributed by atoms with Gasteiger partial charge in [0.15, 0.2) is 5.69 Å². The molecule has 0 atom stereocenters. The van der Waals surface area contributed by atoms with Crippen LogP contribution in [0.1, 0.15) is 15.9 Å². The molecule has 0 N–H and O–H groups in total. The highest BCUT2D eigenvalue weighted by atomic mass is 16.5. The summed E-state index contributed by atoms with van der Waals surface area (Å²) in [6.45, 7) is 7.81. The molecule has 6 nitrogen and oxygen atoms in total. The molecule has 0 radical (unpaired) electrons. The lowest BCUT2D eigenvalue weighted by molar-refractivity contribution is 0.112. The third kappa shape index (κ3) is 6.01. The van der Waals surface area contributed by atoms with E-state index in [1.165, 1.54) is 16.4 Å². The molecule has 0 aliphatic carbocycles. The molecule has 10 rings (SSSR count). The van der Waals surface area contributed by atoms with Gasteiger partial charge in [-0.25, -0.2) is 4.85 Å². The Labute approximate surface area is 343 Å². The van der Waals surface area contributed by atoms with Gasteiger partial charge in [0.25, 0.3) is 6.71 Å². The zero-order valence-electron chi connectivity index (χ0n) is 32.0. The van der Waals surface area contributed by atoms with E-state index < -0.39 is 0 Å². The van der Waals surface area contributed by atoms with Crippen LogP contribution in [0.25, 0.3) is 38.2 Å². The van der Waals surface area contributed by atoms with Crippen molar-refractivity contribution in [2.24, 2.45) is 0 Å². The maximum Gasteiger partial charge on any atom is 0.252 e. The molecule has 0 saturated carbocycles. The van der Waals surface area contributed by atoms with Gasteiger partial charge in [0.05, 0.1) is 19.8 Å². The lowest BCUT2D eigenvalue weighted by atomic mass is 9.33. The molecular formula is C52H33BN4O2. The second-order valence-corrected chi connectivity index (χ2v) is 14.7. The van der Waals surface area contributed by atoms with Crippen molar-refractivity contribution >= 4 is 69.2 Å². The number of anilines is 6. The van der Waals surface area contributed by atoms with Gasteiger partial charge in [-0.1, -0.05) is 97.1 Å². The van der Waals surface area contributed by atoms with Crippen LogP contribution in [-0.2, 0) is 0 Å². The maximum absolute atomic E-state index is 11.3. The van der Waals surface area contributed by atoms with Gasteiger partial charge in [-0.3, -0.25) is 4.79 Å². The molecular weight excluding hydrogens is 723 g/mol. The van der Waals surface area contributed by atoms with Crippen LogP contribution in [0.2, 0.25) is 0 Å². The highest BCUT2D eigenvalue weighted by molar-refractivity contribution is 7.00. The number of carbonyl (C=O) groups is 1. The molecule has 0 fully saturated rings. The monoisotopic (exact) mass is 756 g/mol. The molecule has 0 saturated heterocycles. The SMILES string of the molecule is [C-]#[N+]c1cc(C#N)cc(-c2cc3c4c(c2)N(c2ccc(-c5ccc(OC)cc5)cc2)c2ccccc2B4c2ccccc2N3c2ccc(-c3ccc(C=O)cc3)cc2)c1. The highest BCUT2D eigenvalue weighted by Crippen LogP contribution is 2.46. The first kappa shape index (κ1) is 35.3. The van der Waals surface area contributed by atoms with Gasteiger partial charge in [0.1, 0.15) is 12.0 Å². The molecule has 59 heavy (non-hydrogen) atoms. The summed E-state index contributed by atoms with van der Waals surface area (Å²) in [6.07, 6.45) is 0.860. The standard InChI is InChI=1S/C52H33BN4O2/c1-55-42-28-35(32-54)27-40(29-42)41-30-50-52-51(31-41)57(44-23-17-38(18-24-44)39-19-25-45(59-2)26-20-39)49-10-6-4-8-47(49)53(52)46-7-3-5-9-48(46)56(50)43-21-15-37(16-22-43)36-13-11-34(33-58)12-14-36/h3-31,33H,2H3. The number of hydrogen-bond acceptors (Lipinski definition) is 5. The first-order chi connectivity index (χ1) is 29.0. The Morgan fingerprint density at radius 3 is 1.53 bits per heavy atom. The minimum Gasteiger partial charge on any atom is -0.497 e. The Balaban J connectivity index is 1.21. The summed E-state index contributed by atoms with van der Waals surface area (Å²) >= 11 is 0. The topological polar surface area (TPSA) is 60.9 Å². The van der Waals surface area contributed by atoms with Crippen LogP contribution in [0.5, 0.6) is 5.75 Å². The van der Waals surface area contributed by atoms with Gasteiger partial charge in [0, 0.05) is 45.3 Å². The Hall–Kier alpha value is -8.13. The molecule has 0 aromatic heterocycles. The molecule has 0 amide bonds. The lowest BCUT2D eigenvalue weighted by Gasteiger charge is -2.44. The zero-order valence-corrected chi connectivity index (χ0v) is 32.0. The van der Waals surface area contributed by atoms with Crippen molar-refractivity contribution < 1.29 is 9.53 Å². The average molecular weight is 757 g/mol. The summed E-state index contributed by atoms with van der Waals surface area (Å²) in [7, 11) is 1.68. The van der Waals surface area contributed by atoms with Crippen molar-refractivity contribution in [3.63, 3.8) is 0 Å². The number of nitriles is 1. The van der Waals surface area contributed by atoms with E-state index in [0.29, 0.717) is 16.8 Å². The molecule has 2 aliphatic rings. The number of hydrogen-bond donors (Lipinski definition) is 0. The molecule has 2 aliphatic heterocycles. The maximum atomic E-state index is 11.3. The van der Waals surface area contributed by atoms with Gasteiger partial charge >= 0.3 is 0 Å². The molecule has 8 aromatic rings. The third-order valence-corrected chi connectivity index (χ3v) is 11.4. The fourth-order valence-corrected chi connectivity index (χ4v) is 8.67. The Kier molecular flexibility index (Phi) is 8.63. The molecule has 0 bridgehead atoms. The van der Waals surface area contributed by atoms with E-state index in [2.05, 4.69) is 142 Å². The fourth-order valence-electron chi connectivity index (χ4n) is 8.67. The summed E-state index contributed by atoms with van der Waals surface area (Å²) in [5, 5.41) is 10.0. The van der Waals surface area contributed by atoms with Crippen LogP contribution in [0, 0.1) is 17.9 Å². The summed E-state index contributed by atoms with van der Waals surface area (Å²) in [6, 6.07) is 62.4. The van der Waals surface area contributed by atoms with E-state index in [-0.39, 0.29) is 6.71 Å². The van der Waals surface area contributed by atoms with E-state index in [4.69, 9.17) is 11.3 Å². The number of nitrogens with zero attached hydrogens (tertiary/aromatic N) is 4. The molecule has 2 heterocycles. The zero-order chi connectivity index (χ0) is 40.0. The molecule has 8 aromatic carbocycles.